The highest BCUT2D eigenvalue weighted by atomic mass is 79.9. The molecule has 0 atom stereocenters. The van der Waals surface area contributed by atoms with Crippen LogP contribution in [0.5, 0.6) is 0 Å². The molecule has 0 saturated heterocycles. The molecule has 0 aromatic carbocycles. The van der Waals surface area contributed by atoms with E-state index in [1.807, 2.05) is 5.38 Å². The fraction of sp³-hybridized carbons (Fsp3) is 0.500. The van der Waals surface area contributed by atoms with Gasteiger partial charge in [0.15, 0.2) is 0 Å². The first-order chi connectivity index (χ1) is 7.12. The van der Waals surface area contributed by atoms with Crippen LogP contribution in [0.4, 0.5) is 0 Å². The number of thiophene rings is 1. The molecule has 1 fully saturated rings. The third-order valence-corrected chi connectivity index (χ3v) is 4.39. The first-order valence-electron chi connectivity index (χ1n) is 4.79. The smallest absolute Gasteiger partial charge is 0.310 e. The summed E-state index contributed by atoms with van der Waals surface area (Å²) in [5, 5.41) is 14.2. The van der Waals surface area contributed by atoms with Crippen LogP contribution < -0.4 is 5.32 Å². The minimum atomic E-state index is -0.664. The molecule has 0 bridgehead atoms. The summed E-state index contributed by atoms with van der Waals surface area (Å²) in [6, 6.07) is 2.05. The van der Waals surface area contributed by atoms with Crippen LogP contribution in [-0.2, 0) is 11.3 Å². The molecule has 0 aliphatic heterocycles. The van der Waals surface area contributed by atoms with Gasteiger partial charge >= 0.3 is 5.97 Å². The predicted octanol–water partition coefficient (Wildman–Crippen LogP) is 2.46. The van der Waals surface area contributed by atoms with Gasteiger partial charge in [0.2, 0.25) is 0 Å². The lowest BCUT2D eigenvalue weighted by Crippen LogP contribution is -2.29. The zero-order valence-electron chi connectivity index (χ0n) is 8.12. The maximum atomic E-state index is 10.9. The Hall–Kier alpha value is -0.390. The lowest BCUT2D eigenvalue weighted by molar-refractivity contribution is -0.143. The van der Waals surface area contributed by atoms with Gasteiger partial charge in [-0.1, -0.05) is 0 Å². The second-order valence-corrected chi connectivity index (χ2v) is 5.83. The molecule has 0 amide bonds. The highest BCUT2D eigenvalue weighted by Gasteiger charge is 2.49. The zero-order valence-corrected chi connectivity index (χ0v) is 10.5. The molecule has 0 unspecified atom stereocenters. The van der Waals surface area contributed by atoms with Crippen molar-refractivity contribution >= 4 is 33.2 Å². The van der Waals surface area contributed by atoms with Crippen molar-refractivity contribution < 1.29 is 9.90 Å². The SMILES string of the molecule is O=C(O)C1(CNCc2cc(Br)cs2)CC1. The van der Waals surface area contributed by atoms with Crippen LogP contribution in [0, 0.1) is 5.41 Å². The lowest BCUT2D eigenvalue weighted by atomic mass is 10.1. The molecular formula is C10H12BrNO2S. The van der Waals surface area contributed by atoms with Gasteiger partial charge in [-0.15, -0.1) is 11.3 Å². The summed E-state index contributed by atoms with van der Waals surface area (Å²) in [5.41, 5.74) is -0.464. The highest BCUT2D eigenvalue weighted by molar-refractivity contribution is 9.10. The normalized spacial score (nSPS) is 17.7. The van der Waals surface area contributed by atoms with Crippen LogP contribution in [0.2, 0.25) is 0 Å². The van der Waals surface area contributed by atoms with E-state index in [1.165, 1.54) is 4.88 Å². The maximum Gasteiger partial charge on any atom is 0.310 e. The third-order valence-electron chi connectivity index (χ3n) is 2.69. The second-order valence-electron chi connectivity index (χ2n) is 3.92. The van der Waals surface area contributed by atoms with Gasteiger partial charge < -0.3 is 10.4 Å². The summed E-state index contributed by atoms with van der Waals surface area (Å²) in [7, 11) is 0. The van der Waals surface area contributed by atoms with Crippen LogP contribution in [0.3, 0.4) is 0 Å². The van der Waals surface area contributed by atoms with E-state index in [1.54, 1.807) is 11.3 Å². The monoisotopic (exact) mass is 289 g/mol. The molecular weight excluding hydrogens is 278 g/mol. The Morgan fingerprint density at radius 3 is 2.87 bits per heavy atom. The molecule has 1 heterocycles. The van der Waals surface area contributed by atoms with Crippen LogP contribution in [0.25, 0.3) is 0 Å². The minimum absolute atomic E-state index is 0.464. The Labute approximate surface area is 101 Å². The molecule has 1 saturated carbocycles. The van der Waals surface area contributed by atoms with Crippen LogP contribution in [0.1, 0.15) is 17.7 Å². The van der Waals surface area contributed by atoms with Gasteiger partial charge in [0.05, 0.1) is 5.41 Å². The molecule has 1 aliphatic carbocycles. The van der Waals surface area contributed by atoms with Gasteiger partial charge in [-0.25, -0.2) is 0 Å². The first-order valence-corrected chi connectivity index (χ1v) is 6.47. The van der Waals surface area contributed by atoms with E-state index in [-0.39, 0.29) is 0 Å². The summed E-state index contributed by atoms with van der Waals surface area (Å²) in [4.78, 5) is 12.1. The van der Waals surface area contributed by atoms with Gasteiger partial charge in [-0.05, 0) is 34.8 Å². The Kier molecular flexibility index (Phi) is 3.13. The van der Waals surface area contributed by atoms with Gasteiger partial charge in [-0.3, -0.25) is 4.79 Å². The molecule has 1 aromatic rings. The lowest BCUT2D eigenvalue weighted by Gasteiger charge is -2.09. The van der Waals surface area contributed by atoms with Crippen molar-refractivity contribution in [2.45, 2.75) is 19.4 Å². The Balaban J connectivity index is 1.78. The van der Waals surface area contributed by atoms with Crippen molar-refractivity contribution in [3.8, 4) is 0 Å². The molecule has 5 heteroatoms. The standard InChI is InChI=1S/C10H12BrNO2S/c11-7-3-8(15-5-7)4-12-6-10(1-2-10)9(13)14/h3,5,12H,1-2,4,6H2,(H,13,14). The van der Waals surface area contributed by atoms with Crippen molar-refractivity contribution in [3.63, 3.8) is 0 Å². The fourth-order valence-corrected chi connectivity index (χ4v) is 2.91. The number of carboxylic acid groups (broad SMARTS) is 1. The topological polar surface area (TPSA) is 49.3 Å². The van der Waals surface area contributed by atoms with Crippen molar-refractivity contribution in [1.29, 1.82) is 0 Å². The summed E-state index contributed by atoms with van der Waals surface area (Å²) >= 11 is 5.06. The molecule has 1 aromatic heterocycles. The number of rotatable bonds is 5. The zero-order chi connectivity index (χ0) is 10.9. The Morgan fingerprint density at radius 2 is 2.40 bits per heavy atom. The number of aliphatic carboxylic acids is 1. The average molecular weight is 290 g/mol. The number of hydrogen-bond acceptors (Lipinski definition) is 3. The molecule has 0 spiro atoms. The number of carbonyl (C=O) groups is 1. The van der Waals surface area contributed by atoms with Crippen LogP contribution >= 0.6 is 27.3 Å². The van der Waals surface area contributed by atoms with E-state index in [2.05, 4.69) is 27.3 Å². The van der Waals surface area contributed by atoms with E-state index in [0.29, 0.717) is 6.54 Å². The Morgan fingerprint density at radius 1 is 1.67 bits per heavy atom. The first kappa shape index (κ1) is 11.1. The van der Waals surface area contributed by atoms with E-state index >= 15 is 0 Å². The fourth-order valence-electron chi connectivity index (χ4n) is 1.49. The second kappa shape index (κ2) is 4.23. The number of carboxylic acids is 1. The molecule has 0 radical (unpaired) electrons. The largest absolute Gasteiger partial charge is 0.481 e. The Bertz CT molecular complexity index is 373. The summed E-state index contributed by atoms with van der Waals surface area (Å²) in [6.45, 7) is 1.34. The van der Waals surface area contributed by atoms with Crippen molar-refractivity contribution in [2.24, 2.45) is 5.41 Å². The van der Waals surface area contributed by atoms with Gasteiger partial charge in [0, 0.05) is 27.8 Å². The third kappa shape index (κ3) is 2.59. The number of halogens is 1. The van der Waals surface area contributed by atoms with Crippen molar-refractivity contribution in [3.05, 3.63) is 20.8 Å². The van der Waals surface area contributed by atoms with Crippen molar-refractivity contribution in [1.82, 2.24) is 5.32 Å². The van der Waals surface area contributed by atoms with E-state index < -0.39 is 11.4 Å². The van der Waals surface area contributed by atoms with Crippen LogP contribution in [-0.4, -0.2) is 17.6 Å². The summed E-state index contributed by atoms with van der Waals surface area (Å²) < 4.78 is 1.09. The predicted molar refractivity (Wildman–Crippen MR) is 63.0 cm³/mol. The average Bonchev–Trinajstić information content (AvgIpc) is 2.86. The molecule has 15 heavy (non-hydrogen) atoms. The van der Waals surface area contributed by atoms with E-state index in [0.717, 1.165) is 23.9 Å². The van der Waals surface area contributed by atoms with Crippen molar-refractivity contribution in [2.75, 3.05) is 6.54 Å². The van der Waals surface area contributed by atoms with E-state index in [4.69, 9.17) is 5.11 Å². The van der Waals surface area contributed by atoms with Gasteiger partial charge in [0.25, 0.3) is 0 Å². The molecule has 82 valence electrons. The van der Waals surface area contributed by atoms with Gasteiger partial charge in [0.1, 0.15) is 0 Å². The van der Waals surface area contributed by atoms with Crippen LogP contribution in [0.15, 0.2) is 15.9 Å². The quantitative estimate of drug-likeness (QED) is 0.876. The molecule has 2 rings (SSSR count). The molecule has 3 nitrogen and oxygen atoms in total. The molecule has 2 N–H and O–H groups in total. The summed E-state index contributed by atoms with van der Waals surface area (Å²) in [5.74, 6) is -0.664. The minimum Gasteiger partial charge on any atom is -0.481 e. The summed E-state index contributed by atoms with van der Waals surface area (Å²) in [6.07, 6.45) is 1.62. The molecule has 1 aliphatic rings. The number of nitrogens with one attached hydrogen (secondary N) is 1. The van der Waals surface area contributed by atoms with Gasteiger partial charge in [-0.2, -0.15) is 0 Å². The maximum absolute atomic E-state index is 10.9. The van der Waals surface area contributed by atoms with E-state index in [9.17, 15) is 4.79 Å². The number of hydrogen-bond donors (Lipinski definition) is 2. The highest BCUT2D eigenvalue weighted by Crippen LogP contribution is 2.45.